The maximum Gasteiger partial charge on any atom is 0.270 e. The van der Waals surface area contributed by atoms with Gasteiger partial charge in [0.05, 0.1) is 4.92 Å². The number of hydrogen-bond donors (Lipinski definition) is 1. The van der Waals surface area contributed by atoms with Gasteiger partial charge in [-0.2, -0.15) is 0 Å². The number of rotatable bonds is 5. The molecule has 90 valence electrons. The smallest absolute Gasteiger partial charge is 0.270 e. The second-order valence-corrected chi connectivity index (χ2v) is 3.65. The normalized spacial score (nSPS) is 9.71. The van der Waals surface area contributed by atoms with Crippen molar-refractivity contribution in [3.8, 4) is 0 Å². The number of nitro groups is 1. The molecule has 0 unspecified atom stereocenters. The lowest BCUT2D eigenvalue weighted by atomic mass is 10.1. The predicted octanol–water partition coefficient (Wildman–Crippen LogP) is 2.21. The zero-order chi connectivity index (χ0) is 12.8. The summed E-state index contributed by atoms with van der Waals surface area (Å²) < 4.78 is 0. The average Bonchev–Trinajstić information content (AvgIpc) is 2.28. The summed E-state index contributed by atoms with van der Waals surface area (Å²) in [5, 5.41) is 13.3. The minimum absolute atomic E-state index is 0.0705. The summed E-state index contributed by atoms with van der Waals surface area (Å²) in [5.74, 6) is -0.307. The topological polar surface area (TPSA) is 72.2 Å². The van der Waals surface area contributed by atoms with E-state index in [1.165, 1.54) is 12.1 Å². The van der Waals surface area contributed by atoms with Crippen LogP contribution in [0.5, 0.6) is 0 Å². The maximum absolute atomic E-state index is 11.7. The minimum atomic E-state index is -0.506. The first-order chi connectivity index (χ1) is 8.04. The molecule has 0 spiro atoms. The highest BCUT2D eigenvalue weighted by Crippen LogP contribution is 2.16. The highest BCUT2D eigenvalue weighted by atomic mass is 16.6. The van der Waals surface area contributed by atoms with Crippen LogP contribution in [0.1, 0.15) is 22.3 Å². The van der Waals surface area contributed by atoms with Crippen molar-refractivity contribution in [2.45, 2.75) is 13.3 Å². The van der Waals surface area contributed by atoms with E-state index in [4.69, 9.17) is 0 Å². The quantitative estimate of drug-likeness (QED) is 0.367. The van der Waals surface area contributed by atoms with E-state index in [1.54, 1.807) is 19.1 Å². The minimum Gasteiger partial charge on any atom is -0.352 e. The molecule has 0 saturated heterocycles. The molecular formula is C12H14N2O3. The molecule has 0 aliphatic carbocycles. The molecule has 0 aliphatic heterocycles. The van der Waals surface area contributed by atoms with Crippen LogP contribution in [0, 0.1) is 17.0 Å². The third-order valence-corrected chi connectivity index (χ3v) is 2.17. The summed E-state index contributed by atoms with van der Waals surface area (Å²) in [6.07, 6.45) is 2.36. The van der Waals surface area contributed by atoms with Gasteiger partial charge in [-0.1, -0.05) is 6.08 Å². The molecule has 0 saturated carbocycles. The number of nitrogens with zero attached hydrogens (tertiary/aromatic N) is 1. The van der Waals surface area contributed by atoms with Gasteiger partial charge in [0.2, 0.25) is 0 Å². The summed E-state index contributed by atoms with van der Waals surface area (Å²) in [4.78, 5) is 21.8. The molecule has 0 bridgehead atoms. The van der Waals surface area contributed by atoms with E-state index >= 15 is 0 Å². The zero-order valence-corrected chi connectivity index (χ0v) is 9.60. The molecule has 0 aliphatic rings. The molecule has 0 fully saturated rings. The van der Waals surface area contributed by atoms with Gasteiger partial charge in [0.1, 0.15) is 0 Å². The summed E-state index contributed by atoms with van der Waals surface area (Å²) >= 11 is 0. The van der Waals surface area contributed by atoms with Gasteiger partial charge < -0.3 is 5.32 Å². The van der Waals surface area contributed by atoms with Crippen molar-refractivity contribution in [1.82, 2.24) is 5.32 Å². The van der Waals surface area contributed by atoms with Gasteiger partial charge in [-0.05, 0) is 25.0 Å². The van der Waals surface area contributed by atoms with Crippen molar-refractivity contribution in [2.24, 2.45) is 0 Å². The molecule has 0 aromatic heterocycles. The fourth-order valence-electron chi connectivity index (χ4n) is 1.39. The number of carbonyl (C=O) groups excluding carboxylic acids is 1. The van der Waals surface area contributed by atoms with E-state index in [-0.39, 0.29) is 11.6 Å². The summed E-state index contributed by atoms with van der Waals surface area (Å²) in [6, 6.07) is 4.33. The van der Waals surface area contributed by atoms with Gasteiger partial charge >= 0.3 is 0 Å². The Morgan fingerprint density at radius 2 is 2.24 bits per heavy atom. The van der Waals surface area contributed by atoms with Crippen molar-refractivity contribution < 1.29 is 9.72 Å². The van der Waals surface area contributed by atoms with Crippen LogP contribution in [0.25, 0.3) is 0 Å². The Balaban J connectivity index is 2.86. The van der Waals surface area contributed by atoms with Crippen molar-refractivity contribution in [2.75, 3.05) is 6.54 Å². The lowest BCUT2D eigenvalue weighted by Crippen LogP contribution is -2.24. The van der Waals surface area contributed by atoms with E-state index in [0.717, 1.165) is 0 Å². The van der Waals surface area contributed by atoms with Crippen LogP contribution in [0.4, 0.5) is 5.69 Å². The SMILES string of the molecule is C=CCCNC(=O)c1cc(C)cc([N+](=O)[O-])c1. The summed E-state index contributed by atoms with van der Waals surface area (Å²) in [6.45, 7) is 5.73. The molecule has 1 aromatic rings. The largest absolute Gasteiger partial charge is 0.352 e. The predicted molar refractivity (Wildman–Crippen MR) is 65.0 cm³/mol. The van der Waals surface area contributed by atoms with Crippen LogP contribution in [-0.4, -0.2) is 17.4 Å². The van der Waals surface area contributed by atoms with Crippen molar-refractivity contribution >= 4 is 11.6 Å². The summed E-state index contributed by atoms with van der Waals surface area (Å²) in [7, 11) is 0. The number of nitro benzene ring substituents is 1. The van der Waals surface area contributed by atoms with Crippen molar-refractivity contribution in [3.63, 3.8) is 0 Å². The Bertz CT molecular complexity index is 455. The zero-order valence-electron chi connectivity index (χ0n) is 9.60. The van der Waals surface area contributed by atoms with Gasteiger partial charge in [0.25, 0.3) is 11.6 Å². The number of nitrogens with one attached hydrogen (secondary N) is 1. The first kappa shape index (κ1) is 12.9. The van der Waals surface area contributed by atoms with Gasteiger partial charge in [0.15, 0.2) is 0 Å². The number of benzene rings is 1. The average molecular weight is 234 g/mol. The lowest BCUT2D eigenvalue weighted by Gasteiger charge is -2.04. The fraction of sp³-hybridized carbons (Fsp3) is 0.250. The van der Waals surface area contributed by atoms with Crippen LogP contribution < -0.4 is 5.32 Å². The van der Waals surface area contributed by atoms with Crippen LogP contribution in [0.15, 0.2) is 30.9 Å². The highest BCUT2D eigenvalue weighted by molar-refractivity contribution is 5.95. The second kappa shape index (κ2) is 5.79. The molecule has 5 heteroatoms. The number of amides is 1. The number of non-ortho nitro benzene ring substituents is 1. The molecule has 5 nitrogen and oxygen atoms in total. The van der Waals surface area contributed by atoms with E-state index in [0.29, 0.717) is 24.1 Å². The molecule has 1 N–H and O–H groups in total. The van der Waals surface area contributed by atoms with Crippen molar-refractivity contribution in [3.05, 3.63) is 52.1 Å². The fourth-order valence-corrected chi connectivity index (χ4v) is 1.39. The highest BCUT2D eigenvalue weighted by Gasteiger charge is 2.12. The monoisotopic (exact) mass is 234 g/mol. The Labute approximate surface area is 99.3 Å². The number of hydrogen-bond acceptors (Lipinski definition) is 3. The van der Waals surface area contributed by atoms with Crippen LogP contribution >= 0.6 is 0 Å². The molecule has 0 atom stereocenters. The Hall–Kier alpha value is -2.17. The lowest BCUT2D eigenvalue weighted by molar-refractivity contribution is -0.384. The van der Waals surface area contributed by atoms with E-state index in [9.17, 15) is 14.9 Å². The van der Waals surface area contributed by atoms with Gasteiger partial charge in [-0.3, -0.25) is 14.9 Å². The third kappa shape index (κ3) is 3.71. The van der Waals surface area contributed by atoms with Crippen LogP contribution in [0.3, 0.4) is 0 Å². The first-order valence-corrected chi connectivity index (χ1v) is 5.19. The van der Waals surface area contributed by atoms with Gasteiger partial charge in [-0.25, -0.2) is 0 Å². The van der Waals surface area contributed by atoms with Gasteiger partial charge in [0, 0.05) is 24.2 Å². The molecule has 1 rings (SSSR count). The third-order valence-electron chi connectivity index (χ3n) is 2.17. The first-order valence-electron chi connectivity index (χ1n) is 5.19. The second-order valence-electron chi connectivity index (χ2n) is 3.65. The number of aryl methyl sites for hydroxylation is 1. The van der Waals surface area contributed by atoms with E-state index in [1.807, 2.05) is 0 Å². The maximum atomic E-state index is 11.7. The molecular weight excluding hydrogens is 220 g/mol. The van der Waals surface area contributed by atoms with E-state index in [2.05, 4.69) is 11.9 Å². The van der Waals surface area contributed by atoms with Gasteiger partial charge in [-0.15, -0.1) is 6.58 Å². The molecule has 17 heavy (non-hydrogen) atoms. The van der Waals surface area contributed by atoms with Crippen LogP contribution in [0.2, 0.25) is 0 Å². The Kier molecular flexibility index (Phi) is 4.39. The standard InChI is InChI=1S/C12H14N2O3/c1-3-4-5-13-12(15)10-6-9(2)7-11(8-10)14(16)17/h3,6-8H,1,4-5H2,2H3,(H,13,15). The Morgan fingerprint density at radius 3 is 2.82 bits per heavy atom. The van der Waals surface area contributed by atoms with Crippen molar-refractivity contribution in [1.29, 1.82) is 0 Å². The van der Waals surface area contributed by atoms with Crippen LogP contribution in [-0.2, 0) is 0 Å². The molecule has 0 radical (unpaired) electrons. The molecule has 1 aromatic carbocycles. The summed E-state index contributed by atoms with van der Waals surface area (Å²) in [5.41, 5.74) is 0.924. The number of carbonyl (C=O) groups is 1. The molecule has 0 heterocycles. The Morgan fingerprint density at radius 1 is 1.53 bits per heavy atom. The molecule has 1 amide bonds. The van der Waals surface area contributed by atoms with E-state index < -0.39 is 4.92 Å².